The van der Waals surface area contributed by atoms with Gasteiger partial charge in [0.2, 0.25) is 5.89 Å². The molecule has 11 nitrogen and oxygen atoms in total. The molecule has 0 saturated carbocycles. The Labute approximate surface area is 224 Å². The highest BCUT2D eigenvalue weighted by Gasteiger charge is 2.27. The summed E-state index contributed by atoms with van der Waals surface area (Å²) in [5.41, 5.74) is 1.20. The molecule has 2 aliphatic rings. The van der Waals surface area contributed by atoms with Gasteiger partial charge < -0.3 is 14.6 Å². The Bertz CT molecular complexity index is 1270. The molecular formula is C25H33FN8O3S. The number of morpholine rings is 1. The van der Waals surface area contributed by atoms with Crippen molar-refractivity contribution >= 4 is 38.9 Å². The molecule has 3 aromatic rings. The molecule has 1 atom stereocenters. The van der Waals surface area contributed by atoms with Crippen LogP contribution >= 0.6 is 11.3 Å². The summed E-state index contributed by atoms with van der Waals surface area (Å²) in [7, 11) is 0. The van der Waals surface area contributed by atoms with E-state index >= 15 is 0 Å². The zero-order valence-corrected chi connectivity index (χ0v) is 22.5. The summed E-state index contributed by atoms with van der Waals surface area (Å²) < 4.78 is 24.7. The second-order valence-electron chi connectivity index (χ2n) is 10.1. The van der Waals surface area contributed by atoms with Crippen LogP contribution < -0.4 is 10.6 Å². The number of amides is 2. The number of hydrazone groups is 1. The lowest BCUT2D eigenvalue weighted by atomic mass is 9.96. The van der Waals surface area contributed by atoms with Crippen molar-refractivity contribution in [3.8, 4) is 0 Å². The Kier molecular flexibility index (Phi) is 8.15. The van der Waals surface area contributed by atoms with Crippen LogP contribution in [0.5, 0.6) is 0 Å². The van der Waals surface area contributed by atoms with Gasteiger partial charge in [-0.15, -0.1) is 0 Å². The number of carbonyl (C=O) groups is 1. The maximum Gasteiger partial charge on any atom is 0.321 e. The number of hydrogen-bond acceptors (Lipinski definition) is 10. The van der Waals surface area contributed by atoms with Gasteiger partial charge >= 0.3 is 6.03 Å². The first-order valence-corrected chi connectivity index (χ1v) is 13.6. The van der Waals surface area contributed by atoms with Gasteiger partial charge in [0.15, 0.2) is 11.0 Å². The lowest BCUT2D eigenvalue weighted by Gasteiger charge is -2.28. The van der Waals surface area contributed by atoms with Gasteiger partial charge in [0, 0.05) is 57.8 Å². The minimum Gasteiger partial charge on any atom is -0.379 e. The number of benzene rings is 1. The summed E-state index contributed by atoms with van der Waals surface area (Å²) in [5, 5.41) is 16.7. The van der Waals surface area contributed by atoms with Crippen LogP contribution in [0.2, 0.25) is 0 Å². The fourth-order valence-electron chi connectivity index (χ4n) is 4.26. The third kappa shape index (κ3) is 6.45. The van der Waals surface area contributed by atoms with Crippen LogP contribution in [-0.4, -0.2) is 96.4 Å². The second-order valence-corrected chi connectivity index (χ2v) is 11.2. The van der Waals surface area contributed by atoms with Gasteiger partial charge in [0.25, 0.3) is 0 Å². The molecule has 1 saturated heterocycles. The molecule has 13 heteroatoms. The number of fused-ring (bicyclic) bond motifs is 1. The monoisotopic (exact) mass is 544 g/mol. The van der Waals surface area contributed by atoms with Crippen molar-refractivity contribution in [2.24, 2.45) is 5.10 Å². The molecular weight excluding hydrogens is 511 g/mol. The molecule has 1 fully saturated rings. The number of thiazole rings is 1. The number of nitrogens with zero attached hydrogens (tertiary/aromatic N) is 6. The third-order valence-corrected chi connectivity index (χ3v) is 7.61. The molecule has 2 N–H and O–H groups in total. The molecule has 0 bridgehead atoms. The predicted octanol–water partition coefficient (Wildman–Crippen LogP) is 3.01. The van der Waals surface area contributed by atoms with Crippen LogP contribution in [-0.2, 0) is 16.6 Å². The van der Waals surface area contributed by atoms with Crippen molar-refractivity contribution in [2.45, 2.75) is 31.6 Å². The third-order valence-electron chi connectivity index (χ3n) is 6.67. The van der Waals surface area contributed by atoms with Crippen LogP contribution in [0, 0.1) is 0 Å². The van der Waals surface area contributed by atoms with Crippen molar-refractivity contribution in [2.75, 3.05) is 64.5 Å². The minimum absolute atomic E-state index is 0.229. The number of carbonyl (C=O) groups excluding carboxylic acids is 1. The average molecular weight is 545 g/mol. The molecule has 1 unspecified atom stereocenters. The number of anilines is 1. The topological polar surface area (TPSA) is 121 Å². The molecule has 0 aliphatic carbocycles. The Hall–Kier alpha value is -3.16. The number of halogens is 1. The summed E-state index contributed by atoms with van der Waals surface area (Å²) in [6, 6.07) is 5.83. The standard InChI is InChI=1S/C25H33FN8O3S/c1-25(2,16-26)22-30-21(32-37-22)5-6-27-23(35)31-24-29-19-4-3-17(13-20(19)38-24)18-14-28-34(15-18)8-7-33-9-11-36-12-10-33/h3-4,13-14,18H,5-12,15-16H2,1-2H3,(H2,27,29,31,35). The van der Waals surface area contributed by atoms with Gasteiger partial charge in [-0.25, -0.2) is 14.2 Å². The van der Waals surface area contributed by atoms with Gasteiger partial charge in [-0.2, -0.15) is 10.1 Å². The van der Waals surface area contributed by atoms with Gasteiger partial charge in [0.1, 0.15) is 6.67 Å². The first kappa shape index (κ1) is 26.4. The van der Waals surface area contributed by atoms with Crippen molar-refractivity contribution in [3.63, 3.8) is 0 Å². The van der Waals surface area contributed by atoms with Crippen LogP contribution in [0.25, 0.3) is 10.2 Å². The molecule has 2 aromatic heterocycles. The van der Waals surface area contributed by atoms with Crippen molar-refractivity contribution < 1.29 is 18.4 Å². The lowest BCUT2D eigenvalue weighted by molar-refractivity contribution is 0.0339. The van der Waals surface area contributed by atoms with Crippen molar-refractivity contribution in [1.29, 1.82) is 0 Å². The molecule has 0 radical (unpaired) electrons. The number of nitrogens with one attached hydrogen (secondary N) is 2. The van der Waals surface area contributed by atoms with E-state index in [4.69, 9.17) is 9.26 Å². The first-order chi connectivity index (χ1) is 18.4. The second kappa shape index (κ2) is 11.7. The number of ether oxygens (including phenoxy) is 1. The molecule has 2 amide bonds. The van der Waals surface area contributed by atoms with Crippen molar-refractivity contribution in [1.82, 2.24) is 30.4 Å². The predicted molar refractivity (Wildman–Crippen MR) is 144 cm³/mol. The summed E-state index contributed by atoms with van der Waals surface area (Å²) in [4.78, 5) is 23.5. The number of hydrogen-bond donors (Lipinski definition) is 2. The molecule has 1 aromatic carbocycles. The highest BCUT2D eigenvalue weighted by atomic mass is 32.1. The highest BCUT2D eigenvalue weighted by molar-refractivity contribution is 7.22. The molecule has 2 aliphatic heterocycles. The van der Waals surface area contributed by atoms with Gasteiger partial charge in [-0.3, -0.25) is 15.2 Å². The van der Waals surface area contributed by atoms with E-state index in [1.54, 1.807) is 13.8 Å². The van der Waals surface area contributed by atoms with E-state index in [1.807, 2.05) is 12.3 Å². The minimum atomic E-state index is -0.824. The number of aromatic nitrogens is 3. The molecule has 38 heavy (non-hydrogen) atoms. The van der Waals surface area contributed by atoms with Crippen LogP contribution in [0.4, 0.5) is 14.3 Å². The quantitative estimate of drug-likeness (QED) is 0.400. The largest absolute Gasteiger partial charge is 0.379 e. The van der Waals surface area contributed by atoms with E-state index < -0.39 is 12.1 Å². The zero-order chi connectivity index (χ0) is 26.5. The SMILES string of the molecule is CC(C)(CF)c1nc(CCNC(=O)Nc2nc3ccc(C4C=NN(CCN5CCOCC5)C4)cc3s2)no1. The van der Waals surface area contributed by atoms with E-state index in [0.29, 0.717) is 23.9 Å². The Morgan fingerprint density at radius 3 is 2.89 bits per heavy atom. The summed E-state index contributed by atoms with van der Waals surface area (Å²) in [6.07, 6.45) is 2.38. The zero-order valence-electron chi connectivity index (χ0n) is 21.7. The van der Waals surface area contributed by atoms with Gasteiger partial charge in [0.05, 0.1) is 28.8 Å². The van der Waals surface area contributed by atoms with Gasteiger partial charge in [-0.05, 0) is 31.5 Å². The van der Waals surface area contributed by atoms with Crippen LogP contribution in [0.1, 0.15) is 37.0 Å². The number of rotatable bonds is 10. The first-order valence-electron chi connectivity index (χ1n) is 12.8. The van der Waals surface area contributed by atoms with E-state index in [2.05, 4.69) is 52.9 Å². The summed E-state index contributed by atoms with van der Waals surface area (Å²) in [6.45, 7) is 9.43. The van der Waals surface area contributed by atoms with Crippen LogP contribution in [0.3, 0.4) is 0 Å². The number of alkyl halides is 1. The molecule has 0 spiro atoms. The fraction of sp³-hybridized carbons (Fsp3) is 0.560. The number of urea groups is 1. The smallest absolute Gasteiger partial charge is 0.321 e. The van der Waals surface area contributed by atoms with E-state index in [-0.39, 0.29) is 17.8 Å². The van der Waals surface area contributed by atoms with E-state index in [1.165, 1.54) is 16.9 Å². The Morgan fingerprint density at radius 1 is 1.24 bits per heavy atom. The van der Waals surface area contributed by atoms with Crippen molar-refractivity contribution in [3.05, 3.63) is 35.5 Å². The Balaban J connectivity index is 1.09. The van der Waals surface area contributed by atoms with E-state index in [9.17, 15) is 9.18 Å². The lowest BCUT2D eigenvalue weighted by Crippen LogP contribution is -2.40. The van der Waals surface area contributed by atoms with Crippen LogP contribution in [0.15, 0.2) is 27.8 Å². The highest BCUT2D eigenvalue weighted by Crippen LogP contribution is 2.30. The maximum absolute atomic E-state index is 13.1. The average Bonchev–Trinajstić information content (AvgIpc) is 3.67. The normalized spacial score (nSPS) is 18.4. The molecule has 4 heterocycles. The maximum atomic E-state index is 13.1. The molecule has 5 rings (SSSR count). The summed E-state index contributed by atoms with van der Waals surface area (Å²) in [5.74, 6) is 0.898. The summed E-state index contributed by atoms with van der Waals surface area (Å²) >= 11 is 1.43. The van der Waals surface area contributed by atoms with E-state index in [0.717, 1.165) is 56.2 Å². The van der Waals surface area contributed by atoms with Gasteiger partial charge in [-0.1, -0.05) is 22.6 Å². The molecule has 204 valence electrons. The Morgan fingerprint density at radius 2 is 2.08 bits per heavy atom. The fourth-order valence-corrected chi connectivity index (χ4v) is 5.17.